The summed E-state index contributed by atoms with van der Waals surface area (Å²) < 4.78 is 50.0. The molecular weight excluding hydrogens is 836 g/mol. The van der Waals surface area contributed by atoms with Gasteiger partial charge in [0.05, 0.1) is 11.7 Å². The highest BCUT2D eigenvalue weighted by atomic mass is 31.1. The second-order valence-corrected chi connectivity index (χ2v) is 17.3. The number of benzene rings is 3. The number of halogens is 2. The summed E-state index contributed by atoms with van der Waals surface area (Å²) in [5.74, 6) is -2.10. The Morgan fingerprint density at radius 3 is 2.00 bits per heavy atom. The maximum absolute atomic E-state index is 14.4. The minimum Gasteiger partial charge on any atom is -0.368 e. The molecule has 5 amide bonds. The van der Waals surface area contributed by atoms with Crippen LogP contribution in [0.2, 0.25) is 0 Å². The van der Waals surface area contributed by atoms with Gasteiger partial charge in [0, 0.05) is 24.9 Å². The van der Waals surface area contributed by atoms with Crippen molar-refractivity contribution in [2.45, 2.75) is 116 Å². The molecule has 1 fully saturated rings. The third-order valence-corrected chi connectivity index (χ3v) is 11.8. The van der Waals surface area contributed by atoms with Crippen molar-refractivity contribution >= 4 is 37.8 Å². The molecule has 3 aromatic carbocycles. The Morgan fingerprint density at radius 1 is 0.825 bits per heavy atom. The number of alkyl halides is 2. The highest BCUT2D eigenvalue weighted by Crippen LogP contribution is 2.38. The van der Waals surface area contributed by atoms with Gasteiger partial charge >= 0.3 is 14.4 Å². The van der Waals surface area contributed by atoms with Gasteiger partial charge in [0.1, 0.15) is 24.7 Å². The van der Waals surface area contributed by atoms with E-state index in [0.29, 0.717) is 47.9 Å². The second-order valence-electron chi connectivity index (χ2n) is 16.6. The van der Waals surface area contributed by atoms with Gasteiger partial charge in [-0.05, 0) is 85.1 Å². The Morgan fingerprint density at radius 2 is 1.41 bits per heavy atom. The van der Waals surface area contributed by atoms with E-state index in [9.17, 15) is 37.3 Å². The molecule has 0 spiro atoms. The number of nitrogens with one attached hydrogen (secondary N) is 4. The van der Waals surface area contributed by atoms with Crippen LogP contribution < -0.4 is 27.0 Å². The van der Waals surface area contributed by atoms with Crippen molar-refractivity contribution in [3.8, 4) is 0 Å². The molecule has 17 heteroatoms. The van der Waals surface area contributed by atoms with Crippen LogP contribution in [-0.2, 0) is 58.4 Å². The monoisotopic (exact) mass is 897 g/mol. The van der Waals surface area contributed by atoms with Gasteiger partial charge in [-0.15, -0.1) is 0 Å². The zero-order chi connectivity index (χ0) is 46.1. The first-order chi connectivity index (χ1) is 29.9. The predicted molar refractivity (Wildman–Crippen MR) is 235 cm³/mol. The molecule has 0 saturated heterocycles. The number of aryl methyl sites for hydroxylation is 1. The molecule has 4 rings (SSSR count). The van der Waals surface area contributed by atoms with Crippen LogP contribution in [0.1, 0.15) is 98.8 Å². The maximum Gasteiger partial charge on any atom is 0.389 e. The fourth-order valence-electron chi connectivity index (χ4n) is 7.73. The standard InChI is InChI=1S/C46H62F2N5O9P/c1-5-31-15-19-34(20-16-31)43(56)50-24-10-9-13-37(42(49)55)52-45(58)39(27-33-17-21-35(22-18-33)46(47,48)62-63(59)60)53-44(57)38(26-32-11-7-6-8-12-32)51-41(54)28-61-40-25-30(4)14-23-36(40)29(2)3/h6-8,11-12,15-22,29-30,36-40,63H,5,9-10,13-14,23-28H2,1-4H3,(H2,49,55)(H,50,56)(H,51,54)(H,52,58)(H,53,57)(H,59,60)/t30?,36?,37-,38?,39?,40?/m1/s1. The topological polar surface area (TPSA) is 215 Å². The third kappa shape index (κ3) is 16.6. The number of hydrogen-bond acceptors (Lipinski definition) is 8. The zero-order valence-corrected chi connectivity index (χ0v) is 37.4. The first-order valence-corrected chi connectivity index (χ1v) is 22.8. The number of carbonyl (C=O) groups is 5. The van der Waals surface area contributed by atoms with Crippen LogP contribution in [0.15, 0.2) is 78.9 Å². The number of hydrogen-bond donors (Lipinski definition) is 6. The van der Waals surface area contributed by atoms with Crippen molar-refractivity contribution in [1.29, 1.82) is 0 Å². The SMILES string of the molecule is CCc1ccc(C(=O)NCCCC[C@@H](NC(=O)C(Cc2ccc(C(F)(F)O[PH](=O)O)cc2)NC(=O)C(Cc2ccccc2)NC(=O)COC2CC(C)CCC2C(C)C)C(N)=O)cc1. The molecule has 0 radical (unpaired) electrons. The Bertz CT molecular complexity index is 1990. The van der Waals surface area contributed by atoms with Crippen molar-refractivity contribution in [2.75, 3.05) is 13.2 Å². The third-order valence-electron chi connectivity index (χ3n) is 11.4. The molecule has 14 nitrogen and oxygen atoms in total. The Labute approximate surface area is 368 Å². The molecule has 344 valence electrons. The predicted octanol–water partition coefficient (Wildman–Crippen LogP) is 5.50. The molecule has 7 atom stereocenters. The fraction of sp³-hybridized carbons (Fsp3) is 0.500. The minimum absolute atomic E-state index is 0.0457. The minimum atomic E-state index is -4.08. The molecule has 6 unspecified atom stereocenters. The van der Waals surface area contributed by atoms with E-state index in [0.717, 1.165) is 43.4 Å². The van der Waals surface area contributed by atoms with Crippen molar-refractivity contribution < 1.29 is 51.5 Å². The Balaban J connectivity index is 1.49. The van der Waals surface area contributed by atoms with Crippen LogP contribution in [0.5, 0.6) is 0 Å². The molecule has 63 heavy (non-hydrogen) atoms. The van der Waals surface area contributed by atoms with E-state index in [-0.39, 0.29) is 43.8 Å². The maximum atomic E-state index is 14.4. The van der Waals surface area contributed by atoms with Gasteiger partial charge < -0.3 is 36.6 Å². The smallest absolute Gasteiger partial charge is 0.368 e. The number of primary amides is 1. The lowest BCUT2D eigenvalue weighted by Gasteiger charge is -2.37. The van der Waals surface area contributed by atoms with E-state index in [1.165, 1.54) is 12.1 Å². The molecule has 0 heterocycles. The number of ether oxygens (including phenoxy) is 1. The molecule has 1 saturated carbocycles. The molecule has 0 bridgehead atoms. The van der Waals surface area contributed by atoms with Crippen molar-refractivity contribution in [2.24, 2.45) is 23.5 Å². The van der Waals surface area contributed by atoms with E-state index in [4.69, 9.17) is 15.4 Å². The normalized spacial score (nSPS) is 18.4. The van der Waals surface area contributed by atoms with Gasteiger partial charge in [0.2, 0.25) is 23.6 Å². The number of rotatable bonds is 24. The van der Waals surface area contributed by atoms with Gasteiger partial charge in [-0.1, -0.05) is 101 Å². The molecular formula is C46H62F2N5O9P. The largest absolute Gasteiger partial charge is 0.389 e. The molecule has 0 aliphatic heterocycles. The summed E-state index contributed by atoms with van der Waals surface area (Å²) in [4.78, 5) is 75.8. The summed E-state index contributed by atoms with van der Waals surface area (Å²) in [6.07, 6.45) is 0.230. The first-order valence-electron chi connectivity index (χ1n) is 21.6. The fourth-order valence-corrected chi connectivity index (χ4v) is 8.07. The quantitative estimate of drug-likeness (QED) is 0.0494. The lowest BCUT2D eigenvalue weighted by molar-refractivity contribution is -0.185. The van der Waals surface area contributed by atoms with Crippen molar-refractivity contribution in [3.05, 3.63) is 107 Å². The Hall–Kier alpha value is -5.02. The van der Waals surface area contributed by atoms with Crippen LogP contribution in [0.25, 0.3) is 0 Å². The summed E-state index contributed by atoms with van der Waals surface area (Å²) in [5.41, 5.74) is 7.60. The Kier molecular flexibility index (Phi) is 19.9. The molecule has 7 N–H and O–H groups in total. The van der Waals surface area contributed by atoms with Gasteiger partial charge in [0.15, 0.2) is 0 Å². The van der Waals surface area contributed by atoms with Crippen LogP contribution in [0.4, 0.5) is 8.78 Å². The zero-order valence-electron chi connectivity index (χ0n) is 36.4. The number of amides is 5. The second kappa shape index (κ2) is 24.7. The van der Waals surface area contributed by atoms with Crippen LogP contribution in [-0.4, -0.2) is 71.8 Å². The lowest BCUT2D eigenvalue weighted by atomic mass is 9.75. The van der Waals surface area contributed by atoms with Crippen LogP contribution in [0.3, 0.4) is 0 Å². The van der Waals surface area contributed by atoms with E-state index < -0.39 is 61.7 Å². The number of carbonyl (C=O) groups excluding carboxylic acids is 5. The lowest BCUT2D eigenvalue weighted by Crippen LogP contribution is -2.57. The van der Waals surface area contributed by atoms with Crippen molar-refractivity contribution in [1.82, 2.24) is 21.3 Å². The van der Waals surface area contributed by atoms with E-state index in [2.05, 4.69) is 46.6 Å². The van der Waals surface area contributed by atoms with Crippen LogP contribution in [0, 0.1) is 17.8 Å². The number of unbranched alkanes of at least 4 members (excludes halogenated alkanes) is 1. The number of nitrogens with two attached hydrogens (primary N) is 1. The first kappa shape index (κ1) is 50.6. The van der Waals surface area contributed by atoms with E-state index in [1.807, 2.05) is 19.1 Å². The van der Waals surface area contributed by atoms with Gasteiger partial charge in [0.25, 0.3) is 5.91 Å². The van der Waals surface area contributed by atoms with Gasteiger partial charge in [-0.3, -0.25) is 28.5 Å². The van der Waals surface area contributed by atoms with Crippen molar-refractivity contribution in [3.63, 3.8) is 0 Å². The van der Waals surface area contributed by atoms with E-state index >= 15 is 0 Å². The summed E-state index contributed by atoms with van der Waals surface area (Å²) >= 11 is 0. The summed E-state index contributed by atoms with van der Waals surface area (Å²) in [5, 5.41) is 10.9. The average molecular weight is 898 g/mol. The summed E-state index contributed by atoms with van der Waals surface area (Å²) in [6, 6.07) is 16.8. The van der Waals surface area contributed by atoms with Gasteiger partial charge in [-0.25, -0.2) is 4.52 Å². The molecule has 1 aliphatic rings. The van der Waals surface area contributed by atoms with E-state index in [1.54, 1.807) is 42.5 Å². The molecule has 0 aromatic heterocycles. The molecule has 1 aliphatic carbocycles. The van der Waals surface area contributed by atoms with Crippen LogP contribution >= 0.6 is 8.25 Å². The highest BCUT2D eigenvalue weighted by Gasteiger charge is 2.36. The molecule has 3 aromatic rings. The summed E-state index contributed by atoms with van der Waals surface area (Å²) in [6.45, 7) is 8.44. The van der Waals surface area contributed by atoms with Gasteiger partial charge in [-0.2, -0.15) is 8.78 Å². The highest BCUT2D eigenvalue weighted by molar-refractivity contribution is 7.32. The summed E-state index contributed by atoms with van der Waals surface area (Å²) in [7, 11) is -3.99. The average Bonchev–Trinajstić information content (AvgIpc) is 3.24.